The zero-order chi connectivity index (χ0) is 13.1. The molecule has 0 aliphatic carbocycles. The quantitative estimate of drug-likeness (QED) is 0.852. The number of hydrogen-bond donors (Lipinski definition) is 2. The molecule has 0 saturated carbocycles. The van der Waals surface area contributed by atoms with E-state index in [4.69, 9.17) is 17.3 Å². The van der Waals surface area contributed by atoms with Crippen molar-refractivity contribution in [3.8, 4) is 0 Å². The summed E-state index contributed by atoms with van der Waals surface area (Å²) in [6, 6.07) is 4.71. The minimum absolute atomic E-state index is 0.217. The first-order valence-corrected chi connectivity index (χ1v) is 6.16. The number of rotatable bonds is 5. The highest BCUT2D eigenvalue weighted by molar-refractivity contribution is 6.31. The SMILES string of the molecule is CC(C)C(C)(CN)NCc1c(F)cccc1Cl. The maximum absolute atomic E-state index is 13.6. The van der Waals surface area contributed by atoms with E-state index in [1.165, 1.54) is 6.07 Å². The van der Waals surface area contributed by atoms with Crippen molar-refractivity contribution >= 4 is 11.6 Å². The summed E-state index contributed by atoms with van der Waals surface area (Å²) in [5, 5.41) is 3.74. The fraction of sp³-hybridized carbons (Fsp3) is 0.538. The second-order valence-corrected chi connectivity index (χ2v) is 5.24. The predicted octanol–water partition coefficient (Wildman–Crippen LogP) is 2.94. The van der Waals surface area contributed by atoms with Crippen molar-refractivity contribution in [3.63, 3.8) is 0 Å². The molecule has 0 amide bonds. The van der Waals surface area contributed by atoms with E-state index in [-0.39, 0.29) is 11.4 Å². The fourth-order valence-corrected chi connectivity index (χ4v) is 1.73. The Labute approximate surface area is 107 Å². The summed E-state index contributed by atoms with van der Waals surface area (Å²) in [6.45, 7) is 7.09. The van der Waals surface area contributed by atoms with Gasteiger partial charge < -0.3 is 11.1 Å². The molecule has 1 aromatic carbocycles. The minimum atomic E-state index is -0.284. The van der Waals surface area contributed by atoms with E-state index in [1.807, 2.05) is 6.92 Å². The summed E-state index contributed by atoms with van der Waals surface area (Å²) in [4.78, 5) is 0. The lowest BCUT2D eigenvalue weighted by molar-refractivity contribution is 0.266. The molecule has 1 aromatic rings. The lowest BCUT2D eigenvalue weighted by Crippen LogP contribution is -2.52. The van der Waals surface area contributed by atoms with E-state index in [0.29, 0.717) is 29.6 Å². The lowest BCUT2D eigenvalue weighted by atomic mass is 9.88. The van der Waals surface area contributed by atoms with Gasteiger partial charge in [-0.15, -0.1) is 0 Å². The van der Waals surface area contributed by atoms with Crippen LogP contribution in [0, 0.1) is 11.7 Å². The molecule has 0 spiro atoms. The first-order chi connectivity index (χ1) is 7.90. The van der Waals surface area contributed by atoms with E-state index in [0.717, 1.165) is 0 Å². The smallest absolute Gasteiger partial charge is 0.129 e. The van der Waals surface area contributed by atoms with Crippen molar-refractivity contribution in [3.05, 3.63) is 34.6 Å². The van der Waals surface area contributed by atoms with E-state index >= 15 is 0 Å². The summed E-state index contributed by atoms with van der Waals surface area (Å²) in [6.07, 6.45) is 0. The fourth-order valence-electron chi connectivity index (χ4n) is 1.50. The monoisotopic (exact) mass is 258 g/mol. The lowest BCUT2D eigenvalue weighted by Gasteiger charge is -2.34. The summed E-state index contributed by atoms with van der Waals surface area (Å²) in [5.74, 6) is 0.0752. The van der Waals surface area contributed by atoms with Crippen LogP contribution in [-0.4, -0.2) is 12.1 Å². The molecule has 0 heterocycles. The molecule has 4 heteroatoms. The Hall–Kier alpha value is -0.640. The van der Waals surface area contributed by atoms with E-state index in [9.17, 15) is 4.39 Å². The highest BCUT2D eigenvalue weighted by Crippen LogP contribution is 2.21. The van der Waals surface area contributed by atoms with Gasteiger partial charge in [-0.2, -0.15) is 0 Å². The van der Waals surface area contributed by atoms with Gasteiger partial charge >= 0.3 is 0 Å². The predicted molar refractivity (Wildman–Crippen MR) is 70.5 cm³/mol. The van der Waals surface area contributed by atoms with Gasteiger partial charge in [0.2, 0.25) is 0 Å². The molecule has 1 unspecified atom stereocenters. The number of nitrogens with two attached hydrogens (primary N) is 1. The number of benzene rings is 1. The highest BCUT2D eigenvalue weighted by Gasteiger charge is 2.26. The van der Waals surface area contributed by atoms with Crippen LogP contribution < -0.4 is 11.1 Å². The Balaban J connectivity index is 2.80. The molecule has 0 bridgehead atoms. The molecule has 17 heavy (non-hydrogen) atoms. The topological polar surface area (TPSA) is 38.0 Å². The first-order valence-electron chi connectivity index (χ1n) is 5.78. The Bertz CT molecular complexity index is 361. The van der Waals surface area contributed by atoms with Crippen LogP contribution in [0.3, 0.4) is 0 Å². The van der Waals surface area contributed by atoms with E-state index < -0.39 is 0 Å². The first kappa shape index (κ1) is 14.4. The maximum Gasteiger partial charge on any atom is 0.129 e. The number of halogens is 2. The molecule has 0 radical (unpaired) electrons. The summed E-state index contributed by atoms with van der Waals surface area (Å²) in [7, 11) is 0. The molecule has 0 aromatic heterocycles. The van der Waals surface area contributed by atoms with Gasteiger partial charge in [-0.25, -0.2) is 4.39 Å². The molecule has 0 aliphatic heterocycles. The van der Waals surface area contributed by atoms with Crippen molar-refractivity contribution in [1.82, 2.24) is 5.32 Å². The van der Waals surface area contributed by atoms with Crippen molar-refractivity contribution in [1.29, 1.82) is 0 Å². The third kappa shape index (κ3) is 3.41. The van der Waals surface area contributed by atoms with Crippen LogP contribution in [0.25, 0.3) is 0 Å². The second kappa shape index (κ2) is 5.80. The second-order valence-electron chi connectivity index (χ2n) is 4.83. The molecule has 1 atom stereocenters. The van der Waals surface area contributed by atoms with Crippen LogP contribution in [0.15, 0.2) is 18.2 Å². The van der Waals surface area contributed by atoms with Gasteiger partial charge in [-0.05, 0) is 25.0 Å². The molecule has 0 fully saturated rings. The summed E-state index contributed by atoms with van der Waals surface area (Å²) < 4.78 is 13.6. The van der Waals surface area contributed by atoms with Crippen LogP contribution in [0.4, 0.5) is 4.39 Å². The molecular formula is C13H20ClFN2. The third-order valence-corrected chi connectivity index (χ3v) is 3.78. The third-order valence-electron chi connectivity index (χ3n) is 3.43. The summed E-state index contributed by atoms with van der Waals surface area (Å²) in [5.41, 5.74) is 6.04. The normalized spacial score (nSPS) is 15.0. The molecule has 1 rings (SSSR count). The van der Waals surface area contributed by atoms with Crippen LogP contribution in [0.2, 0.25) is 5.02 Å². The van der Waals surface area contributed by atoms with Crippen LogP contribution in [-0.2, 0) is 6.54 Å². The van der Waals surface area contributed by atoms with Gasteiger partial charge in [0.1, 0.15) is 5.82 Å². The van der Waals surface area contributed by atoms with E-state index in [1.54, 1.807) is 12.1 Å². The Morgan fingerprint density at radius 1 is 1.47 bits per heavy atom. The van der Waals surface area contributed by atoms with Gasteiger partial charge in [0.05, 0.1) is 0 Å². The standard InChI is InChI=1S/C13H20ClFN2/c1-9(2)13(3,8-16)17-7-10-11(14)5-4-6-12(10)15/h4-6,9,17H,7-8,16H2,1-3H3. The number of nitrogens with one attached hydrogen (secondary N) is 1. The molecule has 96 valence electrons. The number of hydrogen-bond acceptors (Lipinski definition) is 2. The van der Waals surface area contributed by atoms with E-state index in [2.05, 4.69) is 19.2 Å². The van der Waals surface area contributed by atoms with Gasteiger partial charge in [-0.1, -0.05) is 31.5 Å². The van der Waals surface area contributed by atoms with Crippen LogP contribution in [0.5, 0.6) is 0 Å². The Morgan fingerprint density at radius 3 is 2.59 bits per heavy atom. The zero-order valence-electron chi connectivity index (χ0n) is 10.6. The Morgan fingerprint density at radius 2 is 2.12 bits per heavy atom. The molecule has 2 nitrogen and oxygen atoms in total. The molecular weight excluding hydrogens is 239 g/mol. The van der Waals surface area contributed by atoms with Crippen molar-refractivity contribution in [2.75, 3.05) is 6.54 Å². The zero-order valence-corrected chi connectivity index (χ0v) is 11.3. The molecule has 0 saturated heterocycles. The van der Waals surface area contributed by atoms with Crippen molar-refractivity contribution in [2.24, 2.45) is 11.7 Å². The highest BCUT2D eigenvalue weighted by atomic mass is 35.5. The molecule has 0 aliphatic rings. The van der Waals surface area contributed by atoms with Crippen LogP contribution in [0.1, 0.15) is 26.3 Å². The minimum Gasteiger partial charge on any atom is -0.329 e. The van der Waals surface area contributed by atoms with Gasteiger partial charge in [0, 0.05) is 29.2 Å². The van der Waals surface area contributed by atoms with Crippen molar-refractivity contribution in [2.45, 2.75) is 32.9 Å². The maximum atomic E-state index is 13.6. The summed E-state index contributed by atoms with van der Waals surface area (Å²) >= 11 is 5.97. The van der Waals surface area contributed by atoms with Crippen molar-refractivity contribution < 1.29 is 4.39 Å². The largest absolute Gasteiger partial charge is 0.329 e. The Kier molecular flexibility index (Phi) is 4.92. The molecule has 3 N–H and O–H groups in total. The van der Waals surface area contributed by atoms with Crippen LogP contribution >= 0.6 is 11.6 Å². The van der Waals surface area contributed by atoms with Gasteiger partial charge in [0.15, 0.2) is 0 Å². The van der Waals surface area contributed by atoms with Gasteiger partial charge in [-0.3, -0.25) is 0 Å². The van der Waals surface area contributed by atoms with Gasteiger partial charge in [0.25, 0.3) is 0 Å². The average molecular weight is 259 g/mol. The average Bonchev–Trinajstić information content (AvgIpc) is 2.27.